The third-order valence-corrected chi connectivity index (χ3v) is 4.21. The summed E-state index contributed by atoms with van der Waals surface area (Å²) in [6.07, 6.45) is 4.22. The standard InChI is InChI=1S/C18H24O3/c1-4-14-5-6-15-7-8-16(12-17(15)11-13(14)2)18(19)21-10-9-20-3/h7-8,12,14H,2,4-6,9-11H2,1,3H3. The molecule has 3 heteroatoms. The maximum absolute atomic E-state index is 12.0. The zero-order chi connectivity index (χ0) is 15.2. The van der Waals surface area contributed by atoms with Gasteiger partial charge >= 0.3 is 5.97 Å². The number of rotatable bonds is 5. The first-order valence-corrected chi connectivity index (χ1v) is 7.61. The highest BCUT2D eigenvalue weighted by molar-refractivity contribution is 5.89. The third kappa shape index (κ3) is 3.94. The van der Waals surface area contributed by atoms with E-state index in [0.717, 1.165) is 25.7 Å². The fourth-order valence-electron chi connectivity index (χ4n) is 2.88. The number of methoxy groups -OCH3 is 1. The molecule has 0 amide bonds. The number of ether oxygens (including phenoxy) is 2. The van der Waals surface area contributed by atoms with Crippen LogP contribution in [0.3, 0.4) is 0 Å². The summed E-state index contributed by atoms with van der Waals surface area (Å²) in [5.41, 5.74) is 4.45. The summed E-state index contributed by atoms with van der Waals surface area (Å²) in [5.74, 6) is 0.311. The Morgan fingerprint density at radius 1 is 1.33 bits per heavy atom. The largest absolute Gasteiger partial charge is 0.460 e. The Morgan fingerprint density at radius 3 is 2.86 bits per heavy atom. The number of benzene rings is 1. The highest BCUT2D eigenvalue weighted by Gasteiger charge is 2.19. The van der Waals surface area contributed by atoms with Gasteiger partial charge in [0.2, 0.25) is 0 Å². The molecule has 0 saturated carbocycles. The van der Waals surface area contributed by atoms with Crippen molar-refractivity contribution >= 4 is 5.97 Å². The van der Waals surface area contributed by atoms with Gasteiger partial charge in [0.25, 0.3) is 0 Å². The lowest BCUT2D eigenvalue weighted by Gasteiger charge is -2.13. The second-order valence-electron chi connectivity index (χ2n) is 5.59. The number of esters is 1. The van der Waals surface area contributed by atoms with Crippen LogP contribution in [0.25, 0.3) is 0 Å². The van der Waals surface area contributed by atoms with Gasteiger partial charge in [0, 0.05) is 7.11 Å². The number of aryl methyl sites for hydroxylation is 1. The highest BCUT2D eigenvalue weighted by atomic mass is 16.6. The van der Waals surface area contributed by atoms with Crippen molar-refractivity contribution in [1.82, 2.24) is 0 Å². The van der Waals surface area contributed by atoms with Gasteiger partial charge in [-0.25, -0.2) is 4.79 Å². The molecular formula is C18H24O3. The van der Waals surface area contributed by atoms with Crippen molar-refractivity contribution < 1.29 is 14.3 Å². The predicted octanol–water partition coefficient (Wildman–Crippen LogP) is 3.56. The van der Waals surface area contributed by atoms with Crippen LogP contribution in [-0.4, -0.2) is 26.3 Å². The van der Waals surface area contributed by atoms with E-state index in [2.05, 4.69) is 19.6 Å². The molecule has 1 aromatic carbocycles. The Bertz CT molecular complexity index is 519. The van der Waals surface area contributed by atoms with E-state index in [1.807, 2.05) is 12.1 Å². The summed E-state index contributed by atoms with van der Waals surface area (Å²) in [7, 11) is 1.59. The molecule has 1 aliphatic carbocycles. The van der Waals surface area contributed by atoms with Crippen molar-refractivity contribution in [2.45, 2.75) is 32.6 Å². The highest BCUT2D eigenvalue weighted by Crippen LogP contribution is 2.30. The topological polar surface area (TPSA) is 35.5 Å². The number of hydrogen-bond acceptors (Lipinski definition) is 3. The average molecular weight is 288 g/mol. The van der Waals surface area contributed by atoms with Gasteiger partial charge in [-0.05, 0) is 54.9 Å². The van der Waals surface area contributed by atoms with Crippen molar-refractivity contribution in [3.63, 3.8) is 0 Å². The van der Waals surface area contributed by atoms with Crippen LogP contribution in [0.1, 0.15) is 41.3 Å². The summed E-state index contributed by atoms with van der Waals surface area (Å²) in [6, 6.07) is 5.89. The lowest BCUT2D eigenvalue weighted by Crippen LogP contribution is -2.10. The van der Waals surface area contributed by atoms with Crippen LogP contribution < -0.4 is 0 Å². The van der Waals surface area contributed by atoms with Gasteiger partial charge in [0.05, 0.1) is 12.2 Å². The van der Waals surface area contributed by atoms with E-state index in [1.54, 1.807) is 7.11 Å². The van der Waals surface area contributed by atoms with Gasteiger partial charge in [-0.1, -0.05) is 25.1 Å². The maximum atomic E-state index is 12.0. The van der Waals surface area contributed by atoms with Gasteiger partial charge in [-0.2, -0.15) is 0 Å². The van der Waals surface area contributed by atoms with Crippen LogP contribution >= 0.6 is 0 Å². The summed E-state index contributed by atoms with van der Waals surface area (Å²) in [5, 5.41) is 0. The van der Waals surface area contributed by atoms with Crippen LogP contribution in [0.4, 0.5) is 0 Å². The van der Waals surface area contributed by atoms with E-state index in [1.165, 1.54) is 16.7 Å². The fourth-order valence-corrected chi connectivity index (χ4v) is 2.88. The van der Waals surface area contributed by atoms with Crippen LogP contribution in [0.2, 0.25) is 0 Å². The number of allylic oxidation sites excluding steroid dienone is 1. The normalized spacial score (nSPS) is 18.0. The zero-order valence-electron chi connectivity index (χ0n) is 13.0. The first-order valence-electron chi connectivity index (χ1n) is 7.61. The predicted molar refractivity (Wildman–Crippen MR) is 83.5 cm³/mol. The lowest BCUT2D eigenvalue weighted by molar-refractivity contribution is 0.0388. The minimum Gasteiger partial charge on any atom is -0.460 e. The molecule has 1 unspecified atom stereocenters. The number of fused-ring (bicyclic) bond motifs is 1. The Labute approximate surface area is 127 Å². The van der Waals surface area contributed by atoms with Gasteiger partial charge in [-0.3, -0.25) is 0 Å². The summed E-state index contributed by atoms with van der Waals surface area (Å²) >= 11 is 0. The van der Waals surface area contributed by atoms with Crippen LogP contribution in [-0.2, 0) is 22.3 Å². The minimum absolute atomic E-state index is 0.281. The molecule has 2 rings (SSSR count). The average Bonchev–Trinajstić information content (AvgIpc) is 2.64. The second-order valence-corrected chi connectivity index (χ2v) is 5.59. The summed E-state index contributed by atoms with van der Waals surface area (Å²) in [4.78, 5) is 12.0. The fraction of sp³-hybridized carbons (Fsp3) is 0.500. The molecule has 0 fully saturated rings. The molecule has 1 aromatic rings. The van der Waals surface area contributed by atoms with Crippen molar-refractivity contribution in [2.75, 3.05) is 20.3 Å². The molecule has 21 heavy (non-hydrogen) atoms. The Morgan fingerprint density at radius 2 is 2.14 bits per heavy atom. The molecule has 0 N–H and O–H groups in total. The molecule has 0 radical (unpaired) electrons. The molecule has 1 aliphatic rings. The van der Waals surface area contributed by atoms with Crippen molar-refractivity contribution in [2.24, 2.45) is 5.92 Å². The van der Waals surface area contributed by atoms with Gasteiger partial charge in [0.15, 0.2) is 0 Å². The van der Waals surface area contributed by atoms with Crippen LogP contribution in [0, 0.1) is 5.92 Å². The van der Waals surface area contributed by atoms with Gasteiger partial charge < -0.3 is 9.47 Å². The molecule has 114 valence electrons. The molecule has 1 atom stereocenters. The van der Waals surface area contributed by atoms with E-state index in [-0.39, 0.29) is 12.6 Å². The minimum atomic E-state index is -0.281. The lowest BCUT2D eigenvalue weighted by atomic mass is 9.92. The van der Waals surface area contributed by atoms with Crippen molar-refractivity contribution in [3.8, 4) is 0 Å². The number of carbonyl (C=O) groups is 1. The third-order valence-electron chi connectivity index (χ3n) is 4.21. The molecule has 0 aromatic heterocycles. The monoisotopic (exact) mass is 288 g/mol. The van der Waals surface area contributed by atoms with Gasteiger partial charge in [-0.15, -0.1) is 0 Å². The van der Waals surface area contributed by atoms with E-state index in [0.29, 0.717) is 18.1 Å². The molecular weight excluding hydrogens is 264 g/mol. The molecule has 0 aliphatic heterocycles. The van der Waals surface area contributed by atoms with E-state index >= 15 is 0 Å². The molecule has 3 nitrogen and oxygen atoms in total. The first-order chi connectivity index (χ1) is 10.2. The zero-order valence-corrected chi connectivity index (χ0v) is 13.0. The molecule has 0 saturated heterocycles. The van der Waals surface area contributed by atoms with E-state index in [4.69, 9.17) is 9.47 Å². The molecule has 0 bridgehead atoms. The molecule has 0 heterocycles. The van der Waals surface area contributed by atoms with Crippen LogP contribution in [0.5, 0.6) is 0 Å². The number of carbonyl (C=O) groups excluding carboxylic acids is 1. The smallest absolute Gasteiger partial charge is 0.338 e. The maximum Gasteiger partial charge on any atom is 0.338 e. The Balaban J connectivity index is 2.12. The number of hydrogen-bond donors (Lipinski definition) is 0. The Hall–Kier alpha value is -1.61. The summed E-state index contributed by atoms with van der Waals surface area (Å²) in [6.45, 7) is 7.15. The summed E-state index contributed by atoms with van der Waals surface area (Å²) < 4.78 is 10.1. The SMILES string of the molecule is C=C1Cc2cc(C(=O)OCCOC)ccc2CCC1CC. The quantitative estimate of drug-likeness (QED) is 0.360. The van der Waals surface area contributed by atoms with Gasteiger partial charge in [0.1, 0.15) is 6.61 Å². The van der Waals surface area contributed by atoms with Crippen LogP contribution in [0.15, 0.2) is 30.4 Å². The Kier molecular flexibility index (Phi) is 5.57. The second kappa shape index (κ2) is 7.41. The molecule has 0 spiro atoms. The van der Waals surface area contributed by atoms with Crippen molar-refractivity contribution in [1.29, 1.82) is 0 Å². The first kappa shape index (κ1) is 15.8. The van der Waals surface area contributed by atoms with Crippen molar-refractivity contribution in [3.05, 3.63) is 47.0 Å². The van der Waals surface area contributed by atoms with E-state index in [9.17, 15) is 4.79 Å². The van der Waals surface area contributed by atoms with E-state index < -0.39 is 0 Å².